The van der Waals surface area contributed by atoms with Gasteiger partial charge in [-0.2, -0.15) is 13.2 Å². The highest BCUT2D eigenvalue weighted by Crippen LogP contribution is 2.27. The molecule has 0 atom stereocenters. The maximum atomic E-state index is 12.7. The maximum absolute atomic E-state index is 12.7. The van der Waals surface area contributed by atoms with Crippen LogP contribution in [0, 0.1) is 6.92 Å². The van der Waals surface area contributed by atoms with E-state index in [1.54, 1.807) is 4.90 Å². The van der Waals surface area contributed by atoms with Crippen molar-refractivity contribution >= 4 is 17.5 Å². The maximum Gasteiger partial charge on any atom is 0.433 e. The molecule has 2 aromatic rings. The number of carbonyl (C=O) groups is 1. The van der Waals surface area contributed by atoms with Crippen molar-refractivity contribution in [2.45, 2.75) is 32.4 Å². The van der Waals surface area contributed by atoms with Crippen molar-refractivity contribution in [3.63, 3.8) is 0 Å². The van der Waals surface area contributed by atoms with Crippen LogP contribution in [0.15, 0.2) is 24.4 Å². The number of carbonyl (C=O) groups excluding carboxylic acids is 1. The van der Waals surface area contributed by atoms with Crippen molar-refractivity contribution in [1.82, 2.24) is 19.9 Å². The Morgan fingerprint density at radius 1 is 0.903 bits per heavy atom. The SMILES string of the molecule is Cc1nc(N2CCCCC2)cc(N2CCN(C(=O)c3ccc(C(F)(F)F)nc3)CC2)n1. The number of pyridine rings is 1. The zero-order chi connectivity index (χ0) is 22.0. The van der Waals surface area contributed by atoms with E-state index >= 15 is 0 Å². The highest BCUT2D eigenvalue weighted by atomic mass is 19.4. The average Bonchev–Trinajstić information content (AvgIpc) is 2.78. The second-order valence-corrected chi connectivity index (χ2v) is 7.89. The lowest BCUT2D eigenvalue weighted by atomic mass is 10.1. The molecule has 2 aromatic heterocycles. The monoisotopic (exact) mass is 434 g/mol. The van der Waals surface area contributed by atoms with Gasteiger partial charge in [-0.1, -0.05) is 0 Å². The van der Waals surface area contributed by atoms with Crippen molar-refractivity contribution in [1.29, 1.82) is 0 Å². The third-order valence-corrected chi connectivity index (χ3v) is 5.68. The van der Waals surface area contributed by atoms with Crippen molar-refractivity contribution in [3.8, 4) is 0 Å². The summed E-state index contributed by atoms with van der Waals surface area (Å²) in [5.41, 5.74) is -0.843. The Morgan fingerprint density at radius 2 is 1.52 bits per heavy atom. The smallest absolute Gasteiger partial charge is 0.356 e. The van der Waals surface area contributed by atoms with Crippen molar-refractivity contribution < 1.29 is 18.0 Å². The number of rotatable bonds is 3. The fourth-order valence-corrected chi connectivity index (χ4v) is 3.99. The Balaban J connectivity index is 1.40. The Labute approximate surface area is 178 Å². The number of nitrogens with zero attached hydrogens (tertiary/aromatic N) is 6. The van der Waals surface area contributed by atoms with Crippen LogP contribution in [-0.4, -0.2) is 65.0 Å². The summed E-state index contributed by atoms with van der Waals surface area (Å²) in [4.78, 5) is 31.3. The normalized spacial score (nSPS) is 17.7. The number of hydrogen-bond donors (Lipinski definition) is 0. The topological polar surface area (TPSA) is 65.5 Å². The lowest BCUT2D eigenvalue weighted by molar-refractivity contribution is -0.141. The summed E-state index contributed by atoms with van der Waals surface area (Å²) in [6.45, 7) is 5.99. The van der Waals surface area contributed by atoms with E-state index in [9.17, 15) is 18.0 Å². The molecule has 31 heavy (non-hydrogen) atoms. The Morgan fingerprint density at radius 3 is 2.06 bits per heavy atom. The molecular weight excluding hydrogens is 409 g/mol. The Bertz CT molecular complexity index is 920. The molecule has 2 saturated heterocycles. The van der Waals surface area contributed by atoms with E-state index in [1.807, 2.05) is 13.0 Å². The molecule has 1 amide bonds. The highest BCUT2D eigenvalue weighted by molar-refractivity contribution is 5.94. The van der Waals surface area contributed by atoms with Crippen molar-refractivity contribution in [2.24, 2.45) is 0 Å². The van der Waals surface area contributed by atoms with Crippen LogP contribution < -0.4 is 9.80 Å². The van der Waals surface area contributed by atoms with E-state index in [0.29, 0.717) is 32.0 Å². The van der Waals surface area contributed by atoms with Crippen LogP contribution in [0.1, 0.15) is 41.1 Å². The van der Waals surface area contributed by atoms with Gasteiger partial charge in [0.25, 0.3) is 5.91 Å². The zero-order valence-electron chi connectivity index (χ0n) is 17.4. The third-order valence-electron chi connectivity index (χ3n) is 5.68. The van der Waals surface area contributed by atoms with E-state index in [0.717, 1.165) is 49.8 Å². The summed E-state index contributed by atoms with van der Waals surface area (Å²) in [5, 5.41) is 0. The molecule has 0 N–H and O–H groups in total. The number of alkyl halides is 3. The molecule has 2 aliphatic heterocycles. The van der Waals surface area contributed by atoms with Crippen LogP contribution in [0.4, 0.5) is 24.8 Å². The van der Waals surface area contributed by atoms with Crippen molar-refractivity contribution in [3.05, 3.63) is 41.5 Å². The van der Waals surface area contributed by atoms with Crippen LogP contribution in [0.3, 0.4) is 0 Å². The van der Waals surface area contributed by atoms with Gasteiger partial charge in [0, 0.05) is 51.5 Å². The Kier molecular flexibility index (Phi) is 5.97. The molecule has 2 fully saturated rings. The van der Waals surface area contributed by atoms with Crippen LogP contribution in [0.25, 0.3) is 0 Å². The first kappa shape index (κ1) is 21.3. The number of hydrogen-bond acceptors (Lipinski definition) is 6. The van der Waals surface area contributed by atoms with E-state index in [2.05, 4.69) is 24.8 Å². The van der Waals surface area contributed by atoms with Crippen LogP contribution in [0.5, 0.6) is 0 Å². The molecule has 4 heterocycles. The highest BCUT2D eigenvalue weighted by Gasteiger charge is 2.32. The Hall–Kier alpha value is -2.91. The van der Waals surface area contributed by atoms with E-state index in [1.165, 1.54) is 12.5 Å². The van der Waals surface area contributed by atoms with Gasteiger partial charge in [0.1, 0.15) is 23.2 Å². The fraction of sp³-hybridized carbons (Fsp3) is 0.524. The molecule has 0 radical (unpaired) electrons. The van der Waals surface area contributed by atoms with Gasteiger partial charge in [-0.15, -0.1) is 0 Å². The van der Waals surface area contributed by atoms with Gasteiger partial charge in [-0.25, -0.2) is 9.97 Å². The second-order valence-electron chi connectivity index (χ2n) is 7.89. The van der Waals surface area contributed by atoms with Gasteiger partial charge in [0.15, 0.2) is 0 Å². The standard InChI is InChI=1S/C21H25F3N6O/c1-15-26-18(28-7-3-2-4-8-28)13-19(27-15)29-9-11-30(12-10-29)20(31)16-5-6-17(25-14-16)21(22,23)24/h5-6,13-14H,2-4,7-12H2,1H3. The molecule has 0 unspecified atom stereocenters. The quantitative estimate of drug-likeness (QED) is 0.740. The number of aromatic nitrogens is 3. The minimum absolute atomic E-state index is 0.159. The first-order chi connectivity index (χ1) is 14.8. The molecule has 2 aliphatic rings. The molecule has 0 bridgehead atoms. The molecule has 7 nitrogen and oxygen atoms in total. The molecule has 0 saturated carbocycles. The number of halogens is 3. The molecule has 166 valence electrons. The summed E-state index contributed by atoms with van der Waals surface area (Å²) in [6, 6.07) is 4.04. The summed E-state index contributed by atoms with van der Waals surface area (Å²) >= 11 is 0. The van der Waals surface area contributed by atoms with Gasteiger partial charge in [0.2, 0.25) is 0 Å². The van der Waals surface area contributed by atoms with E-state index in [4.69, 9.17) is 0 Å². The summed E-state index contributed by atoms with van der Waals surface area (Å²) in [6.07, 6.45) is 0.0555. The van der Waals surface area contributed by atoms with E-state index in [-0.39, 0.29) is 11.5 Å². The fourth-order valence-electron chi connectivity index (χ4n) is 3.99. The predicted molar refractivity (Wildman–Crippen MR) is 110 cm³/mol. The van der Waals surface area contributed by atoms with Crippen molar-refractivity contribution in [2.75, 3.05) is 49.1 Å². The van der Waals surface area contributed by atoms with Gasteiger partial charge in [-0.3, -0.25) is 9.78 Å². The predicted octanol–water partition coefficient (Wildman–Crippen LogP) is 3.15. The van der Waals surface area contributed by atoms with Crippen LogP contribution >= 0.6 is 0 Å². The molecule has 4 rings (SSSR count). The first-order valence-corrected chi connectivity index (χ1v) is 10.5. The lowest BCUT2D eigenvalue weighted by Gasteiger charge is -2.36. The largest absolute Gasteiger partial charge is 0.433 e. The number of anilines is 2. The van der Waals surface area contributed by atoms with Crippen LogP contribution in [0.2, 0.25) is 0 Å². The summed E-state index contributed by atoms with van der Waals surface area (Å²) < 4.78 is 38.0. The van der Waals surface area contributed by atoms with Gasteiger partial charge in [0.05, 0.1) is 5.56 Å². The number of aryl methyl sites for hydroxylation is 1. The minimum Gasteiger partial charge on any atom is -0.356 e. The number of piperidine rings is 1. The van der Waals surface area contributed by atoms with Gasteiger partial charge in [-0.05, 0) is 38.3 Å². The van der Waals surface area contributed by atoms with E-state index < -0.39 is 11.9 Å². The summed E-state index contributed by atoms with van der Waals surface area (Å²) in [7, 11) is 0. The van der Waals surface area contributed by atoms with Gasteiger partial charge >= 0.3 is 6.18 Å². The zero-order valence-corrected chi connectivity index (χ0v) is 17.4. The molecule has 0 aliphatic carbocycles. The molecular formula is C21H25F3N6O. The lowest BCUT2D eigenvalue weighted by Crippen LogP contribution is -2.49. The molecule has 0 spiro atoms. The first-order valence-electron chi connectivity index (χ1n) is 10.5. The number of amides is 1. The minimum atomic E-state index is -4.52. The molecule has 0 aromatic carbocycles. The average molecular weight is 434 g/mol. The molecule has 10 heteroatoms. The number of piperazine rings is 1. The summed E-state index contributed by atoms with van der Waals surface area (Å²) in [5.74, 6) is 2.19. The van der Waals surface area contributed by atoms with Crippen LogP contribution in [-0.2, 0) is 6.18 Å². The third kappa shape index (κ3) is 4.88. The second kappa shape index (κ2) is 8.68. The van der Waals surface area contributed by atoms with Gasteiger partial charge < -0.3 is 14.7 Å².